The second-order valence-corrected chi connectivity index (χ2v) is 7.82. The van der Waals surface area contributed by atoms with E-state index in [1.165, 1.54) is 0 Å². The lowest BCUT2D eigenvalue weighted by atomic mass is 10.3. The molecule has 1 aliphatic heterocycles. The number of rotatable bonds is 2. The van der Waals surface area contributed by atoms with Gasteiger partial charge in [-0.15, -0.1) is 0 Å². The molecule has 2 atom stereocenters. The van der Waals surface area contributed by atoms with E-state index >= 15 is 0 Å². The van der Waals surface area contributed by atoms with Gasteiger partial charge in [0.15, 0.2) is 5.75 Å². The van der Waals surface area contributed by atoms with E-state index in [2.05, 4.69) is 6.92 Å². The van der Waals surface area contributed by atoms with Crippen LogP contribution < -0.4 is 8.96 Å². The third-order valence-electron chi connectivity index (χ3n) is 1.87. The summed E-state index contributed by atoms with van der Waals surface area (Å²) in [5.41, 5.74) is 1.02. The fourth-order valence-corrected chi connectivity index (χ4v) is 6.04. The number of hydrogen-bond acceptors (Lipinski definition) is 2. The summed E-state index contributed by atoms with van der Waals surface area (Å²) in [6, 6.07) is 7.82. The van der Waals surface area contributed by atoms with Crippen molar-refractivity contribution in [1.29, 1.82) is 0 Å². The molecule has 0 spiro atoms. The van der Waals surface area contributed by atoms with Crippen LogP contribution in [0, 0.1) is 0 Å². The van der Waals surface area contributed by atoms with Gasteiger partial charge in [0.1, 0.15) is 0 Å². The first-order valence-corrected chi connectivity index (χ1v) is 8.70. The predicted octanol–water partition coefficient (Wildman–Crippen LogP) is 4.92. The lowest BCUT2D eigenvalue weighted by molar-refractivity contribution is 0.647. The molecule has 0 saturated heterocycles. The third-order valence-corrected chi connectivity index (χ3v) is 7.48. The van der Waals surface area contributed by atoms with Crippen molar-refractivity contribution in [3.05, 3.63) is 24.3 Å². The maximum absolute atomic E-state index is 6.24. The Kier molecular flexibility index (Phi) is 3.39. The molecule has 1 heterocycles. The van der Waals surface area contributed by atoms with Gasteiger partial charge in [0.2, 0.25) is 0 Å². The van der Waals surface area contributed by atoms with Crippen molar-refractivity contribution in [3.63, 3.8) is 0 Å². The molecule has 0 amide bonds. The number of para-hydroxylation sites is 2. The van der Waals surface area contributed by atoms with E-state index in [9.17, 15) is 0 Å². The van der Waals surface area contributed by atoms with Crippen LogP contribution >= 0.6 is 37.6 Å². The Labute approximate surface area is 95.4 Å². The molecule has 14 heavy (non-hydrogen) atoms. The minimum atomic E-state index is -1.10. The van der Waals surface area contributed by atoms with Crippen molar-refractivity contribution >= 4 is 43.2 Å². The monoisotopic (exact) mass is 267 g/mol. The van der Waals surface area contributed by atoms with Crippen LogP contribution in [-0.2, 0) is 0 Å². The smallest absolute Gasteiger partial charge is 0.301 e. The summed E-state index contributed by atoms with van der Waals surface area (Å²) in [5.74, 6) is 0.843. The van der Waals surface area contributed by atoms with Crippen molar-refractivity contribution in [3.8, 4) is 5.75 Å². The van der Waals surface area contributed by atoms with E-state index in [4.69, 9.17) is 27.0 Å². The normalized spacial score (nSPS) is 21.6. The summed E-state index contributed by atoms with van der Waals surface area (Å²) in [6.45, 7) is 2.06. The SMILES string of the molecule is CCP(Cl)N1c2ccccc2OP1Cl. The summed E-state index contributed by atoms with van der Waals surface area (Å²) in [5, 5.41) is 0. The van der Waals surface area contributed by atoms with Crippen molar-refractivity contribution in [2.45, 2.75) is 6.92 Å². The van der Waals surface area contributed by atoms with Gasteiger partial charge in [-0.25, -0.2) is 0 Å². The van der Waals surface area contributed by atoms with Crippen molar-refractivity contribution in [2.24, 2.45) is 0 Å². The predicted molar refractivity (Wildman–Crippen MR) is 65.6 cm³/mol. The molecule has 0 saturated carbocycles. The highest BCUT2D eigenvalue weighted by molar-refractivity contribution is 7.98. The van der Waals surface area contributed by atoms with Gasteiger partial charge in [0.25, 0.3) is 0 Å². The van der Waals surface area contributed by atoms with E-state index in [0.717, 1.165) is 17.6 Å². The number of anilines is 1. The van der Waals surface area contributed by atoms with Gasteiger partial charge in [-0.05, 0) is 29.5 Å². The fraction of sp³-hybridized carbons (Fsp3) is 0.250. The van der Waals surface area contributed by atoms with Crippen LogP contribution in [0.15, 0.2) is 24.3 Å². The Morgan fingerprint density at radius 3 is 2.93 bits per heavy atom. The first kappa shape index (κ1) is 10.8. The lowest BCUT2D eigenvalue weighted by Crippen LogP contribution is -2.02. The Bertz CT molecular complexity index is 335. The van der Waals surface area contributed by atoms with E-state index in [0.29, 0.717) is 0 Å². The fourth-order valence-electron chi connectivity index (χ4n) is 1.23. The first-order valence-electron chi connectivity index (χ1n) is 4.20. The molecule has 0 bridgehead atoms. The Morgan fingerprint density at radius 2 is 2.21 bits per heavy atom. The summed E-state index contributed by atoms with van der Waals surface area (Å²) < 4.78 is 7.53. The summed E-state index contributed by atoms with van der Waals surface area (Å²) in [6.07, 6.45) is 0.903. The number of hydrogen-bond donors (Lipinski definition) is 0. The number of halogens is 2. The van der Waals surface area contributed by atoms with Crippen molar-refractivity contribution in [2.75, 3.05) is 10.6 Å². The van der Waals surface area contributed by atoms with Crippen LogP contribution in [0.4, 0.5) is 5.69 Å². The maximum atomic E-state index is 6.24. The van der Waals surface area contributed by atoms with E-state index in [-0.39, 0.29) is 0 Å². The van der Waals surface area contributed by atoms with Crippen LogP contribution in [0.25, 0.3) is 0 Å². The summed E-state index contributed by atoms with van der Waals surface area (Å²) >= 11 is 12.4. The standard InChI is InChI=1S/C8H9Cl2NOP2/c1-2-13(9)11-7-5-3-4-6-8(7)12-14(11)10/h3-6H,2H2,1H3. The Balaban J connectivity index is 2.34. The van der Waals surface area contributed by atoms with Crippen LogP contribution in [0.2, 0.25) is 0 Å². The molecule has 0 fully saturated rings. The molecule has 0 N–H and O–H groups in total. The van der Waals surface area contributed by atoms with Crippen molar-refractivity contribution in [1.82, 2.24) is 0 Å². The lowest BCUT2D eigenvalue weighted by Gasteiger charge is -2.22. The van der Waals surface area contributed by atoms with Gasteiger partial charge in [0, 0.05) is 0 Å². The molecule has 76 valence electrons. The van der Waals surface area contributed by atoms with E-state index < -0.39 is 15.1 Å². The molecule has 6 heteroatoms. The van der Waals surface area contributed by atoms with E-state index in [1.807, 2.05) is 28.7 Å². The average Bonchev–Trinajstić information content (AvgIpc) is 2.53. The molecular weight excluding hydrogens is 259 g/mol. The Hall–Kier alpha value is 0.260. The zero-order valence-corrected chi connectivity index (χ0v) is 10.8. The highest BCUT2D eigenvalue weighted by Crippen LogP contribution is 2.69. The molecular formula is C8H9Cl2NOP2. The molecule has 2 unspecified atom stereocenters. The van der Waals surface area contributed by atoms with Crippen LogP contribution in [0.5, 0.6) is 5.75 Å². The van der Waals surface area contributed by atoms with Gasteiger partial charge in [-0.1, -0.05) is 30.3 Å². The van der Waals surface area contributed by atoms with Gasteiger partial charge in [0.05, 0.1) is 13.1 Å². The second-order valence-electron chi connectivity index (χ2n) is 2.73. The minimum absolute atomic E-state index is 0.728. The number of benzene rings is 1. The summed E-state index contributed by atoms with van der Waals surface area (Å²) in [7, 11) is -1.83. The highest BCUT2D eigenvalue weighted by Gasteiger charge is 2.34. The van der Waals surface area contributed by atoms with Crippen LogP contribution in [-0.4, -0.2) is 6.16 Å². The zero-order chi connectivity index (χ0) is 10.1. The van der Waals surface area contributed by atoms with Crippen LogP contribution in [0.1, 0.15) is 6.92 Å². The number of fused-ring (bicyclic) bond motifs is 1. The topological polar surface area (TPSA) is 12.5 Å². The molecule has 2 nitrogen and oxygen atoms in total. The van der Waals surface area contributed by atoms with Crippen molar-refractivity contribution < 1.29 is 4.52 Å². The van der Waals surface area contributed by atoms with Gasteiger partial charge >= 0.3 is 7.65 Å². The largest absolute Gasteiger partial charge is 0.438 e. The average molecular weight is 268 g/mol. The molecule has 1 aromatic carbocycles. The quantitative estimate of drug-likeness (QED) is 0.705. The van der Waals surface area contributed by atoms with Crippen LogP contribution in [0.3, 0.4) is 0 Å². The van der Waals surface area contributed by atoms with Gasteiger partial charge < -0.3 is 4.52 Å². The molecule has 1 aliphatic rings. The molecule has 0 aliphatic carbocycles. The molecule has 0 radical (unpaired) electrons. The maximum Gasteiger partial charge on any atom is 0.301 e. The Morgan fingerprint density at radius 1 is 1.50 bits per heavy atom. The highest BCUT2D eigenvalue weighted by atomic mass is 35.7. The third kappa shape index (κ3) is 1.82. The molecule has 0 aromatic heterocycles. The molecule has 2 rings (SSSR count). The summed E-state index contributed by atoms with van der Waals surface area (Å²) in [4.78, 5) is 0. The molecule has 1 aromatic rings. The zero-order valence-electron chi connectivity index (χ0n) is 7.52. The first-order chi connectivity index (χ1) is 6.74. The second kappa shape index (κ2) is 4.41. The van der Waals surface area contributed by atoms with Gasteiger partial charge in [-0.2, -0.15) is 0 Å². The van der Waals surface area contributed by atoms with Gasteiger partial charge in [-0.3, -0.25) is 4.44 Å². The minimum Gasteiger partial charge on any atom is -0.438 e. The van der Waals surface area contributed by atoms with E-state index in [1.54, 1.807) is 0 Å². The number of nitrogens with zero attached hydrogens (tertiary/aromatic N) is 1.